The van der Waals surface area contributed by atoms with Gasteiger partial charge < -0.3 is 0 Å². The first-order chi connectivity index (χ1) is 13.2. The lowest BCUT2D eigenvalue weighted by atomic mass is 10.1. The molecule has 0 bridgehead atoms. The molecule has 0 fully saturated rings. The highest BCUT2D eigenvalue weighted by Crippen LogP contribution is 2.36. The van der Waals surface area contributed by atoms with Crippen LogP contribution in [0.3, 0.4) is 0 Å². The number of hydrogen-bond acceptors (Lipinski definition) is 4. The number of aromatic nitrogens is 2. The molecule has 0 radical (unpaired) electrons. The lowest BCUT2D eigenvalue weighted by Crippen LogP contribution is -2.15. The van der Waals surface area contributed by atoms with Crippen molar-refractivity contribution in [2.45, 2.75) is 19.5 Å². The maximum atomic E-state index is 13.7. The van der Waals surface area contributed by atoms with Crippen molar-refractivity contribution in [1.29, 1.82) is 0 Å². The Kier molecular flexibility index (Phi) is 5.41. The van der Waals surface area contributed by atoms with Gasteiger partial charge in [0.25, 0.3) is 5.91 Å². The van der Waals surface area contributed by atoms with E-state index in [0.29, 0.717) is 17.0 Å². The number of carbonyl (C=O) groups is 1. The minimum absolute atomic E-state index is 0.0184. The van der Waals surface area contributed by atoms with Gasteiger partial charge in [0.2, 0.25) is 0 Å². The maximum Gasteiger partial charge on any atom is 0.433 e. The quantitative estimate of drug-likeness (QED) is 0.590. The molecule has 0 saturated carbocycles. The number of thiazole rings is 1. The average molecular weight is 413 g/mol. The van der Waals surface area contributed by atoms with E-state index in [1.54, 1.807) is 6.92 Å². The number of nitrogens with zero attached hydrogens (tertiary/aromatic N) is 2. The van der Waals surface area contributed by atoms with E-state index in [4.69, 9.17) is 0 Å². The standard InChI is InChI=1S/C18H12F5N3OS/c1-2-12-15(9-6-7-24-13(8-9)18(21,22)23)28-17(25-12)26-16(27)14-10(19)4-3-5-11(14)20/h3-8H,2H2,1H3,(H,25,26,27). The number of benzene rings is 1. The summed E-state index contributed by atoms with van der Waals surface area (Å²) >= 11 is 0.908. The second-order valence-corrected chi connectivity index (χ2v) is 6.63. The van der Waals surface area contributed by atoms with Crippen LogP contribution in [0.5, 0.6) is 0 Å². The summed E-state index contributed by atoms with van der Waals surface area (Å²) in [7, 11) is 0. The van der Waals surface area contributed by atoms with Gasteiger partial charge in [-0.05, 0) is 36.2 Å². The highest BCUT2D eigenvalue weighted by molar-refractivity contribution is 7.19. The van der Waals surface area contributed by atoms with E-state index < -0.39 is 35.0 Å². The number of aryl methyl sites for hydroxylation is 1. The van der Waals surface area contributed by atoms with Crippen LogP contribution in [0.1, 0.15) is 28.7 Å². The molecule has 28 heavy (non-hydrogen) atoms. The van der Waals surface area contributed by atoms with E-state index in [2.05, 4.69) is 15.3 Å². The van der Waals surface area contributed by atoms with Gasteiger partial charge in [0.1, 0.15) is 22.9 Å². The van der Waals surface area contributed by atoms with Gasteiger partial charge in [-0.1, -0.05) is 24.3 Å². The molecule has 10 heteroatoms. The molecule has 1 N–H and O–H groups in total. The third-order valence-corrected chi connectivity index (χ3v) is 4.82. The molecule has 0 saturated heterocycles. The third-order valence-electron chi connectivity index (χ3n) is 3.76. The molecule has 0 spiro atoms. The van der Waals surface area contributed by atoms with E-state index in [0.717, 1.165) is 41.8 Å². The summed E-state index contributed by atoms with van der Waals surface area (Å²) in [5.41, 5.74) is -1.15. The van der Waals surface area contributed by atoms with E-state index >= 15 is 0 Å². The zero-order chi connectivity index (χ0) is 20.5. The van der Waals surface area contributed by atoms with E-state index in [1.807, 2.05) is 0 Å². The summed E-state index contributed by atoms with van der Waals surface area (Å²) < 4.78 is 66.2. The fraction of sp³-hybridized carbons (Fsp3) is 0.167. The molecule has 0 aliphatic rings. The first-order valence-corrected chi connectivity index (χ1v) is 8.81. The highest BCUT2D eigenvalue weighted by Gasteiger charge is 2.33. The summed E-state index contributed by atoms with van der Waals surface area (Å²) in [6, 6.07) is 5.29. The molecule has 1 amide bonds. The van der Waals surface area contributed by atoms with Crippen molar-refractivity contribution in [1.82, 2.24) is 9.97 Å². The fourth-order valence-electron chi connectivity index (χ4n) is 2.47. The molecule has 4 nitrogen and oxygen atoms in total. The Hall–Kier alpha value is -2.88. The van der Waals surface area contributed by atoms with Crippen molar-refractivity contribution in [3.8, 4) is 10.4 Å². The Morgan fingerprint density at radius 3 is 2.46 bits per heavy atom. The Balaban J connectivity index is 1.95. The van der Waals surface area contributed by atoms with Crippen molar-refractivity contribution in [2.24, 2.45) is 0 Å². The summed E-state index contributed by atoms with van der Waals surface area (Å²) in [4.78, 5) is 20.1. The Bertz CT molecular complexity index is 1010. The number of rotatable bonds is 4. The number of alkyl halides is 3. The molecule has 3 rings (SSSR count). The normalized spacial score (nSPS) is 11.5. The minimum atomic E-state index is -4.60. The molecule has 0 aliphatic carbocycles. The lowest BCUT2D eigenvalue weighted by molar-refractivity contribution is -0.141. The molecule has 2 heterocycles. The number of pyridine rings is 1. The van der Waals surface area contributed by atoms with Gasteiger partial charge in [-0.15, -0.1) is 0 Å². The van der Waals surface area contributed by atoms with Gasteiger partial charge in [0.15, 0.2) is 5.13 Å². The van der Waals surface area contributed by atoms with Gasteiger partial charge >= 0.3 is 6.18 Å². The molecule has 0 aliphatic heterocycles. The molecule has 1 aromatic carbocycles. The SMILES string of the molecule is CCc1nc(NC(=O)c2c(F)cccc2F)sc1-c1ccnc(C(F)(F)F)c1. The van der Waals surface area contributed by atoms with Crippen LogP contribution in [-0.4, -0.2) is 15.9 Å². The topological polar surface area (TPSA) is 54.9 Å². The first kappa shape index (κ1) is 19.9. The van der Waals surface area contributed by atoms with Gasteiger partial charge in [0, 0.05) is 6.20 Å². The Morgan fingerprint density at radius 2 is 1.86 bits per heavy atom. The van der Waals surface area contributed by atoms with Gasteiger partial charge in [-0.2, -0.15) is 13.2 Å². The fourth-order valence-corrected chi connectivity index (χ4v) is 3.52. The number of hydrogen-bond donors (Lipinski definition) is 1. The summed E-state index contributed by atoms with van der Waals surface area (Å²) in [5, 5.41) is 2.32. The number of anilines is 1. The third kappa shape index (κ3) is 4.01. The van der Waals surface area contributed by atoms with Crippen LogP contribution in [0.25, 0.3) is 10.4 Å². The maximum absolute atomic E-state index is 13.7. The van der Waals surface area contributed by atoms with Crippen molar-refractivity contribution in [2.75, 3.05) is 5.32 Å². The second-order valence-electron chi connectivity index (χ2n) is 5.63. The van der Waals surface area contributed by atoms with Crippen LogP contribution < -0.4 is 5.32 Å². The van der Waals surface area contributed by atoms with Crippen molar-refractivity contribution < 1.29 is 26.7 Å². The smallest absolute Gasteiger partial charge is 0.298 e. The summed E-state index contributed by atoms with van der Waals surface area (Å²) in [6.45, 7) is 1.74. The van der Waals surface area contributed by atoms with Crippen LogP contribution in [0.2, 0.25) is 0 Å². The monoisotopic (exact) mass is 413 g/mol. The van der Waals surface area contributed by atoms with E-state index in [-0.39, 0.29) is 10.7 Å². The van der Waals surface area contributed by atoms with Crippen LogP contribution in [0.15, 0.2) is 36.5 Å². The van der Waals surface area contributed by atoms with Crippen LogP contribution in [0, 0.1) is 11.6 Å². The second kappa shape index (κ2) is 7.63. The van der Waals surface area contributed by atoms with Crippen LogP contribution in [-0.2, 0) is 12.6 Å². The van der Waals surface area contributed by atoms with E-state index in [1.165, 1.54) is 6.07 Å². The molecule has 0 atom stereocenters. The Labute approximate surface area is 160 Å². The zero-order valence-corrected chi connectivity index (χ0v) is 15.1. The van der Waals surface area contributed by atoms with Crippen molar-refractivity contribution in [3.63, 3.8) is 0 Å². The largest absolute Gasteiger partial charge is 0.433 e. The molecular weight excluding hydrogens is 401 g/mol. The molecule has 0 unspecified atom stereocenters. The van der Waals surface area contributed by atoms with Gasteiger partial charge in [-0.25, -0.2) is 13.8 Å². The number of carbonyl (C=O) groups excluding carboxylic acids is 1. The number of amides is 1. The first-order valence-electron chi connectivity index (χ1n) is 7.99. The molecular formula is C18H12F5N3OS. The summed E-state index contributed by atoms with van der Waals surface area (Å²) in [6.07, 6.45) is -3.20. The van der Waals surface area contributed by atoms with Gasteiger partial charge in [-0.3, -0.25) is 15.1 Å². The predicted octanol–water partition coefficient (Wildman–Crippen LogP) is 5.32. The predicted molar refractivity (Wildman–Crippen MR) is 94.0 cm³/mol. The lowest BCUT2D eigenvalue weighted by Gasteiger charge is -2.07. The van der Waals surface area contributed by atoms with E-state index in [9.17, 15) is 26.7 Å². The zero-order valence-electron chi connectivity index (χ0n) is 14.3. The molecule has 3 aromatic rings. The Morgan fingerprint density at radius 1 is 1.18 bits per heavy atom. The highest BCUT2D eigenvalue weighted by atomic mass is 32.1. The minimum Gasteiger partial charge on any atom is -0.298 e. The van der Waals surface area contributed by atoms with Gasteiger partial charge in [0.05, 0.1) is 10.6 Å². The number of halogens is 5. The molecule has 146 valence electrons. The van der Waals surface area contributed by atoms with Crippen LogP contribution >= 0.6 is 11.3 Å². The van der Waals surface area contributed by atoms with Crippen molar-refractivity contribution in [3.05, 3.63) is 65.1 Å². The average Bonchev–Trinajstić information content (AvgIpc) is 3.04. The molecule has 2 aromatic heterocycles. The number of nitrogens with one attached hydrogen (secondary N) is 1. The van der Waals surface area contributed by atoms with Crippen LogP contribution in [0.4, 0.5) is 27.1 Å². The summed E-state index contributed by atoms with van der Waals surface area (Å²) in [5.74, 6) is -3.10. The van der Waals surface area contributed by atoms with Crippen molar-refractivity contribution >= 4 is 22.4 Å².